The molecule has 9 heteroatoms. The lowest BCUT2D eigenvalue weighted by atomic mass is 10.3. The summed E-state index contributed by atoms with van der Waals surface area (Å²) >= 11 is 0. The van der Waals surface area contributed by atoms with Crippen molar-refractivity contribution in [3.8, 4) is 47.4 Å². The highest BCUT2D eigenvalue weighted by Gasteiger charge is 2.20. The van der Waals surface area contributed by atoms with Crippen LogP contribution in [0, 0.1) is 47.4 Å². The Morgan fingerprint density at radius 3 is 2.10 bits per heavy atom. The van der Waals surface area contributed by atoms with Crippen molar-refractivity contribution in [1.29, 1.82) is 0 Å². The predicted molar refractivity (Wildman–Crippen MR) is 107 cm³/mol. The fourth-order valence-corrected chi connectivity index (χ4v) is 2.34. The molecule has 2 unspecified atom stereocenters. The van der Waals surface area contributed by atoms with Gasteiger partial charge in [-0.25, -0.2) is 0 Å². The maximum atomic E-state index is 11.9. The van der Waals surface area contributed by atoms with Crippen molar-refractivity contribution >= 4 is 19.8 Å². The predicted octanol–water partition coefficient (Wildman–Crippen LogP) is 1.58. The molecule has 0 N–H and O–H groups in total. The molecule has 0 aromatic rings. The average Bonchev–Trinajstić information content (AvgIpc) is 2.71. The van der Waals surface area contributed by atoms with Gasteiger partial charge in [0.2, 0.25) is 0 Å². The Labute approximate surface area is 177 Å². The van der Waals surface area contributed by atoms with Crippen LogP contribution in [0.25, 0.3) is 0 Å². The van der Waals surface area contributed by atoms with Gasteiger partial charge in [-0.15, -0.1) is 0 Å². The molecule has 162 valence electrons. The summed E-state index contributed by atoms with van der Waals surface area (Å²) in [5.41, 5.74) is 0. The van der Waals surface area contributed by atoms with E-state index in [0.29, 0.717) is 6.42 Å². The zero-order valence-electron chi connectivity index (χ0n) is 17.2. The molecule has 0 aliphatic rings. The zero-order chi connectivity index (χ0) is 22.7. The van der Waals surface area contributed by atoms with Crippen LogP contribution >= 0.6 is 7.82 Å². The summed E-state index contributed by atoms with van der Waals surface area (Å²) < 4.78 is 31.2. The third-order valence-electron chi connectivity index (χ3n) is 2.91. The summed E-state index contributed by atoms with van der Waals surface area (Å²) in [7, 11) is -4.59. The average molecular weight is 435 g/mol. The van der Waals surface area contributed by atoms with Crippen molar-refractivity contribution < 1.29 is 37.6 Å². The minimum Gasteiger partial charge on any atom is -0.756 e. The van der Waals surface area contributed by atoms with E-state index >= 15 is 0 Å². The summed E-state index contributed by atoms with van der Waals surface area (Å²) in [5.74, 6) is 18.4. The SMILES string of the molecule is CC#CC#CCC(=O)OCC(COP(=O)([O-])OCCCC)OC(=O)CC#CC#CC. The third kappa shape index (κ3) is 16.3. The van der Waals surface area contributed by atoms with Gasteiger partial charge in [0, 0.05) is 0 Å². The molecule has 0 aromatic carbocycles. The Kier molecular flexibility index (Phi) is 15.6. The summed E-state index contributed by atoms with van der Waals surface area (Å²) in [4.78, 5) is 35.3. The summed E-state index contributed by atoms with van der Waals surface area (Å²) in [6, 6.07) is 0. The first-order valence-electron chi connectivity index (χ1n) is 9.09. The van der Waals surface area contributed by atoms with Gasteiger partial charge >= 0.3 is 11.9 Å². The lowest BCUT2D eigenvalue weighted by molar-refractivity contribution is -0.228. The highest BCUT2D eigenvalue weighted by Crippen LogP contribution is 2.38. The first-order chi connectivity index (χ1) is 14.3. The Morgan fingerprint density at radius 1 is 0.933 bits per heavy atom. The van der Waals surface area contributed by atoms with E-state index in [2.05, 4.69) is 51.9 Å². The molecule has 0 radical (unpaired) electrons. The number of esters is 2. The van der Waals surface area contributed by atoms with Crippen LogP contribution in [0.2, 0.25) is 0 Å². The summed E-state index contributed by atoms with van der Waals surface area (Å²) in [5, 5.41) is 0. The quantitative estimate of drug-likeness (QED) is 0.197. The fraction of sp³-hybridized carbons (Fsp3) is 0.524. The van der Waals surface area contributed by atoms with Crippen LogP contribution in [-0.4, -0.2) is 37.9 Å². The van der Waals surface area contributed by atoms with Crippen LogP contribution < -0.4 is 4.89 Å². The molecule has 0 rings (SSSR count). The molecule has 8 nitrogen and oxygen atoms in total. The molecular weight excluding hydrogens is 411 g/mol. The van der Waals surface area contributed by atoms with Gasteiger partial charge in [0.1, 0.15) is 19.4 Å². The zero-order valence-corrected chi connectivity index (χ0v) is 18.1. The van der Waals surface area contributed by atoms with Crippen LogP contribution in [0.3, 0.4) is 0 Å². The lowest BCUT2D eigenvalue weighted by Gasteiger charge is -2.25. The first-order valence-corrected chi connectivity index (χ1v) is 10.5. The first kappa shape index (κ1) is 27.3. The Balaban J connectivity index is 4.83. The number of unbranched alkanes of at least 4 members (excludes halogenated alkanes) is 1. The van der Waals surface area contributed by atoms with E-state index in [1.165, 1.54) is 0 Å². The second-order valence-electron chi connectivity index (χ2n) is 5.43. The molecule has 0 aromatic heterocycles. The van der Waals surface area contributed by atoms with Crippen LogP contribution in [0.5, 0.6) is 0 Å². The van der Waals surface area contributed by atoms with E-state index in [9.17, 15) is 19.0 Å². The maximum Gasteiger partial charge on any atom is 0.318 e. The number of phosphoric acid groups is 1. The van der Waals surface area contributed by atoms with Gasteiger partial charge in [-0.05, 0) is 44.0 Å². The van der Waals surface area contributed by atoms with Gasteiger partial charge in [0.15, 0.2) is 6.10 Å². The van der Waals surface area contributed by atoms with Gasteiger partial charge in [-0.2, -0.15) is 0 Å². The third-order valence-corrected chi connectivity index (χ3v) is 3.88. The van der Waals surface area contributed by atoms with Gasteiger partial charge in [0.25, 0.3) is 7.82 Å². The van der Waals surface area contributed by atoms with E-state index in [0.717, 1.165) is 6.42 Å². The minimum atomic E-state index is -4.59. The normalized spacial score (nSPS) is 12.0. The molecule has 0 bridgehead atoms. The van der Waals surface area contributed by atoms with Crippen molar-refractivity contribution in [1.82, 2.24) is 0 Å². The number of phosphoric ester groups is 1. The van der Waals surface area contributed by atoms with E-state index in [-0.39, 0.29) is 19.4 Å². The van der Waals surface area contributed by atoms with E-state index < -0.39 is 39.1 Å². The molecule has 0 heterocycles. The highest BCUT2D eigenvalue weighted by atomic mass is 31.2. The Morgan fingerprint density at radius 2 is 1.53 bits per heavy atom. The van der Waals surface area contributed by atoms with Gasteiger partial charge in [-0.3, -0.25) is 14.2 Å². The number of carbonyl (C=O) groups excluding carboxylic acids is 2. The molecule has 0 spiro atoms. The van der Waals surface area contributed by atoms with E-state index in [4.69, 9.17) is 14.0 Å². The smallest absolute Gasteiger partial charge is 0.318 e. The minimum absolute atomic E-state index is 0.0237. The number of hydrogen-bond donors (Lipinski definition) is 0. The molecule has 30 heavy (non-hydrogen) atoms. The van der Waals surface area contributed by atoms with Crippen molar-refractivity contribution in [2.45, 2.75) is 52.6 Å². The largest absolute Gasteiger partial charge is 0.756 e. The lowest BCUT2D eigenvalue weighted by Crippen LogP contribution is -2.30. The number of ether oxygens (including phenoxy) is 2. The Hall–Kier alpha value is -2.71. The second-order valence-corrected chi connectivity index (χ2v) is 6.84. The molecular formula is C21H24O8P-. The fourth-order valence-electron chi connectivity index (χ4n) is 1.56. The maximum absolute atomic E-state index is 11.9. The topological polar surface area (TPSA) is 111 Å². The molecule has 0 aliphatic heterocycles. The van der Waals surface area contributed by atoms with E-state index in [1.807, 2.05) is 6.92 Å². The number of hydrogen-bond acceptors (Lipinski definition) is 8. The van der Waals surface area contributed by atoms with Crippen LogP contribution in [0.1, 0.15) is 46.5 Å². The molecule has 0 amide bonds. The van der Waals surface area contributed by atoms with Crippen LogP contribution in [-0.2, 0) is 32.7 Å². The van der Waals surface area contributed by atoms with Crippen molar-refractivity contribution in [3.05, 3.63) is 0 Å². The molecule has 0 fully saturated rings. The number of carbonyl (C=O) groups is 2. The standard InChI is InChI=1S/C21H25O8P/c1-4-7-10-12-14-20(22)26-17-19(29-21(23)15-13-11-8-5-2)18-28-30(24,25)27-16-9-6-3/h19H,6,9,14-18H2,1-3H3,(H,24,25)/p-1. The van der Waals surface area contributed by atoms with Gasteiger partial charge in [0.05, 0.1) is 13.2 Å². The summed E-state index contributed by atoms with van der Waals surface area (Å²) in [6.45, 7) is 4.04. The molecule has 0 aliphatic carbocycles. The van der Waals surface area contributed by atoms with Crippen LogP contribution in [0.4, 0.5) is 0 Å². The monoisotopic (exact) mass is 435 g/mol. The van der Waals surface area contributed by atoms with Crippen molar-refractivity contribution in [3.63, 3.8) is 0 Å². The Bertz CT molecular complexity index is 848. The molecule has 2 atom stereocenters. The van der Waals surface area contributed by atoms with E-state index in [1.54, 1.807) is 13.8 Å². The summed E-state index contributed by atoms with van der Waals surface area (Å²) in [6.07, 6.45) is -0.401. The number of rotatable bonds is 12. The van der Waals surface area contributed by atoms with Crippen molar-refractivity contribution in [2.75, 3.05) is 19.8 Å². The van der Waals surface area contributed by atoms with Crippen LogP contribution in [0.15, 0.2) is 0 Å². The second kappa shape index (κ2) is 17.2. The van der Waals surface area contributed by atoms with Gasteiger partial charge in [-0.1, -0.05) is 37.0 Å². The highest BCUT2D eigenvalue weighted by molar-refractivity contribution is 7.45. The van der Waals surface area contributed by atoms with Crippen molar-refractivity contribution in [2.24, 2.45) is 0 Å². The van der Waals surface area contributed by atoms with Gasteiger partial charge < -0.3 is 23.4 Å². The molecule has 0 saturated carbocycles. The molecule has 0 saturated heterocycles.